The second-order valence-corrected chi connectivity index (χ2v) is 7.47. The van der Waals surface area contributed by atoms with Gasteiger partial charge >= 0.3 is 0 Å². The molecule has 0 saturated heterocycles. The number of likely N-dealkylation sites (N-methyl/N-ethyl adjacent to an activating group) is 1. The van der Waals surface area contributed by atoms with E-state index in [4.69, 9.17) is 0 Å². The Bertz CT molecular complexity index is 803. The van der Waals surface area contributed by atoms with Crippen LogP contribution in [0.3, 0.4) is 0 Å². The summed E-state index contributed by atoms with van der Waals surface area (Å²) in [7, 11) is 3.43. The van der Waals surface area contributed by atoms with Crippen molar-refractivity contribution in [2.45, 2.75) is 19.4 Å². The van der Waals surface area contributed by atoms with Gasteiger partial charge in [0.2, 0.25) is 5.91 Å². The summed E-state index contributed by atoms with van der Waals surface area (Å²) in [5.74, 6) is 0.323. The van der Waals surface area contributed by atoms with E-state index >= 15 is 0 Å². The molecule has 0 bridgehead atoms. The molecule has 5 nitrogen and oxygen atoms in total. The van der Waals surface area contributed by atoms with Crippen LogP contribution in [-0.2, 0) is 17.8 Å². The molecule has 2 aromatic carbocycles. The Labute approximate surface area is 197 Å². The van der Waals surface area contributed by atoms with Gasteiger partial charge in [-0.1, -0.05) is 52.3 Å². The van der Waals surface area contributed by atoms with Gasteiger partial charge in [-0.2, -0.15) is 0 Å². The van der Waals surface area contributed by atoms with Crippen LogP contribution in [0, 0.1) is 5.82 Å². The minimum atomic E-state index is -0.206. The Hall–Kier alpha value is -1.68. The molecule has 0 unspecified atom stereocenters. The maximum atomic E-state index is 13.9. The van der Waals surface area contributed by atoms with Crippen molar-refractivity contribution in [2.24, 2.45) is 4.99 Å². The van der Waals surface area contributed by atoms with Crippen LogP contribution in [0.2, 0.25) is 0 Å². The third-order valence-corrected chi connectivity index (χ3v) is 4.59. The molecule has 0 aliphatic heterocycles. The van der Waals surface area contributed by atoms with Gasteiger partial charge in [-0.25, -0.2) is 9.38 Å². The largest absolute Gasteiger partial charge is 0.356 e. The Kier molecular flexibility index (Phi) is 11.8. The molecular weight excluding hydrogens is 550 g/mol. The first-order valence-corrected chi connectivity index (χ1v) is 9.95. The van der Waals surface area contributed by atoms with E-state index in [1.807, 2.05) is 36.4 Å². The van der Waals surface area contributed by atoms with Crippen LogP contribution in [0.4, 0.5) is 4.39 Å². The zero-order valence-electron chi connectivity index (χ0n) is 16.6. The fraction of sp³-hybridized carbons (Fsp3) is 0.333. The van der Waals surface area contributed by atoms with Crippen molar-refractivity contribution < 1.29 is 9.18 Å². The number of carbonyl (C=O) groups is 1. The number of nitrogens with one attached hydrogen (secondary N) is 2. The maximum absolute atomic E-state index is 13.9. The van der Waals surface area contributed by atoms with E-state index in [1.54, 1.807) is 20.2 Å². The predicted octanol–water partition coefficient (Wildman–Crippen LogP) is 3.96. The monoisotopic (exact) mass is 576 g/mol. The second-order valence-electron chi connectivity index (χ2n) is 6.56. The number of hydrogen-bond acceptors (Lipinski definition) is 2. The van der Waals surface area contributed by atoms with Gasteiger partial charge in [0.25, 0.3) is 0 Å². The molecule has 0 aliphatic rings. The molecule has 0 fully saturated rings. The van der Waals surface area contributed by atoms with Gasteiger partial charge in [0.05, 0.1) is 13.1 Å². The standard InChI is InChI=1S/C21H26BrFN4O.HI/c1-27(2)20(28)15-26-21(25-14-16-7-4-3-5-8-16)24-12-6-9-17-10-11-18(22)13-19(17)23;/h3-5,7-8,10-11,13H,6,9,12,14-15H2,1-2H3,(H2,24,25,26);1H. The number of amides is 1. The highest BCUT2D eigenvalue weighted by Gasteiger charge is 2.07. The molecule has 0 heterocycles. The topological polar surface area (TPSA) is 56.7 Å². The number of carbonyl (C=O) groups excluding carboxylic acids is 1. The van der Waals surface area contributed by atoms with Crippen LogP contribution >= 0.6 is 39.9 Å². The molecule has 8 heteroatoms. The average Bonchev–Trinajstić information content (AvgIpc) is 2.68. The summed E-state index contributed by atoms with van der Waals surface area (Å²) in [6, 6.07) is 15.0. The van der Waals surface area contributed by atoms with Crippen LogP contribution < -0.4 is 10.6 Å². The molecule has 0 aromatic heterocycles. The smallest absolute Gasteiger partial charge is 0.241 e. The third kappa shape index (κ3) is 9.58. The van der Waals surface area contributed by atoms with E-state index in [0.717, 1.165) is 16.5 Å². The fourth-order valence-electron chi connectivity index (χ4n) is 2.46. The van der Waals surface area contributed by atoms with Crippen molar-refractivity contribution in [1.29, 1.82) is 0 Å². The molecular formula is C21H27BrFIN4O. The number of aliphatic imine (C=N–C) groups is 1. The van der Waals surface area contributed by atoms with Crippen molar-refractivity contribution >= 4 is 51.8 Å². The minimum absolute atomic E-state index is 0. The first kappa shape index (κ1) is 25.4. The van der Waals surface area contributed by atoms with Gasteiger partial charge in [-0.3, -0.25) is 4.79 Å². The second kappa shape index (κ2) is 13.5. The highest BCUT2D eigenvalue weighted by atomic mass is 127. The lowest BCUT2D eigenvalue weighted by Crippen LogP contribution is -2.43. The van der Waals surface area contributed by atoms with E-state index in [-0.39, 0.29) is 42.2 Å². The molecule has 2 rings (SSSR count). The first-order valence-electron chi connectivity index (χ1n) is 9.16. The van der Waals surface area contributed by atoms with Crippen molar-refractivity contribution in [1.82, 2.24) is 15.5 Å². The predicted molar refractivity (Wildman–Crippen MR) is 130 cm³/mol. The highest BCUT2D eigenvalue weighted by Crippen LogP contribution is 2.16. The molecule has 29 heavy (non-hydrogen) atoms. The van der Waals surface area contributed by atoms with Gasteiger partial charge < -0.3 is 15.5 Å². The number of nitrogens with zero attached hydrogens (tertiary/aromatic N) is 2. The lowest BCUT2D eigenvalue weighted by molar-refractivity contribution is -0.127. The summed E-state index contributed by atoms with van der Waals surface area (Å²) in [6.45, 7) is 1.29. The van der Waals surface area contributed by atoms with Crippen molar-refractivity contribution in [3.63, 3.8) is 0 Å². The minimum Gasteiger partial charge on any atom is -0.356 e. The van der Waals surface area contributed by atoms with Gasteiger partial charge in [0.1, 0.15) is 5.82 Å². The average molecular weight is 577 g/mol. The van der Waals surface area contributed by atoms with Crippen LogP contribution in [0.1, 0.15) is 17.5 Å². The summed E-state index contributed by atoms with van der Waals surface area (Å²) >= 11 is 3.27. The number of guanidine groups is 1. The van der Waals surface area contributed by atoms with Gasteiger partial charge in [0, 0.05) is 25.1 Å². The first-order chi connectivity index (χ1) is 13.5. The Morgan fingerprint density at radius 3 is 2.52 bits per heavy atom. The lowest BCUT2D eigenvalue weighted by Gasteiger charge is -2.15. The van der Waals surface area contributed by atoms with Crippen LogP contribution in [0.15, 0.2) is 58.0 Å². The Morgan fingerprint density at radius 2 is 1.86 bits per heavy atom. The third-order valence-electron chi connectivity index (χ3n) is 4.10. The van der Waals surface area contributed by atoms with E-state index in [2.05, 4.69) is 31.6 Å². The zero-order valence-corrected chi connectivity index (χ0v) is 20.5. The van der Waals surface area contributed by atoms with Crippen LogP contribution in [0.5, 0.6) is 0 Å². The SMILES string of the molecule is CN(C)C(=O)CNC(=NCc1ccccc1)NCCCc1ccc(Br)cc1F.I. The highest BCUT2D eigenvalue weighted by molar-refractivity contribution is 14.0. The summed E-state index contributed by atoms with van der Waals surface area (Å²) in [6.07, 6.45) is 1.36. The fourth-order valence-corrected chi connectivity index (χ4v) is 2.79. The molecule has 0 saturated carbocycles. The van der Waals surface area contributed by atoms with Crippen LogP contribution in [-0.4, -0.2) is 44.0 Å². The maximum Gasteiger partial charge on any atom is 0.241 e. The van der Waals surface area contributed by atoms with Gasteiger partial charge in [-0.15, -0.1) is 24.0 Å². The normalized spacial score (nSPS) is 10.8. The summed E-state index contributed by atoms with van der Waals surface area (Å²) in [5.41, 5.74) is 1.77. The zero-order chi connectivity index (χ0) is 20.4. The molecule has 2 N–H and O–H groups in total. The summed E-state index contributed by atoms with van der Waals surface area (Å²) in [5, 5.41) is 6.28. The molecule has 0 radical (unpaired) electrons. The van der Waals surface area contributed by atoms with Crippen molar-refractivity contribution in [3.8, 4) is 0 Å². The molecule has 158 valence electrons. The van der Waals surface area contributed by atoms with E-state index in [1.165, 1.54) is 11.0 Å². The number of aryl methyl sites for hydroxylation is 1. The van der Waals surface area contributed by atoms with E-state index < -0.39 is 0 Å². The van der Waals surface area contributed by atoms with Gasteiger partial charge in [0.15, 0.2) is 5.96 Å². The van der Waals surface area contributed by atoms with Crippen molar-refractivity contribution in [3.05, 3.63) is 69.9 Å². The number of hydrogen-bond donors (Lipinski definition) is 2. The number of halogens is 3. The summed E-state index contributed by atoms with van der Waals surface area (Å²) in [4.78, 5) is 17.9. The molecule has 0 aliphatic carbocycles. The number of benzene rings is 2. The quantitative estimate of drug-likeness (QED) is 0.216. The summed E-state index contributed by atoms with van der Waals surface area (Å²) < 4.78 is 14.6. The van der Waals surface area contributed by atoms with Crippen molar-refractivity contribution in [2.75, 3.05) is 27.2 Å². The molecule has 0 spiro atoms. The molecule has 0 atom stereocenters. The van der Waals surface area contributed by atoms with Gasteiger partial charge in [-0.05, 0) is 36.1 Å². The molecule has 1 amide bonds. The molecule has 2 aromatic rings. The Morgan fingerprint density at radius 1 is 1.14 bits per heavy atom. The Balaban J connectivity index is 0.00000420. The van der Waals surface area contributed by atoms with E-state index in [0.29, 0.717) is 31.0 Å². The van der Waals surface area contributed by atoms with Crippen LogP contribution in [0.25, 0.3) is 0 Å². The number of rotatable bonds is 8. The lowest BCUT2D eigenvalue weighted by atomic mass is 10.1. The van der Waals surface area contributed by atoms with E-state index in [9.17, 15) is 9.18 Å².